The first-order valence-corrected chi connectivity index (χ1v) is 20.1. The number of thiophene rings is 2. The molecule has 2 heteroatoms. The van der Waals surface area contributed by atoms with Crippen LogP contribution in [0.1, 0.15) is 0 Å². The Morgan fingerprint density at radius 1 is 0.259 bits per heavy atom. The Labute approximate surface area is 319 Å². The Kier molecular flexibility index (Phi) is 6.48. The van der Waals surface area contributed by atoms with E-state index in [2.05, 4.69) is 182 Å². The highest BCUT2D eigenvalue weighted by Crippen LogP contribution is 2.50. The summed E-state index contributed by atoms with van der Waals surface area (Å²) >= 11 is 3.85. The van der Waals surface area contributed by atoms with Gasteiger partial charge in [-0.05, 0) is 94.7 Å². The molecule has 0 radical (unpaired) electrons. The third-order valence-corrected chi connectivity index (χ3v) is 13.8. The fourth-order valence-electron chi connectivity index (χ4n) is 9.21. The van der Waals surface area contributed by atoms with Crippen LogP contribution in [0.25, 0.3) is 117 Å². The SMILES string of the molecule is c1ccc(-c2c3ccccc3c(-c3ccc(-c4cc5sc6ccc7c8ccccc8sc7c6c5c5ccccc45)c4ccccc34)c3ccccc23)cc1. The van der Waals surface area contributed by atoms with Crippen molar-refractivity contribution >= 4 is 106 Å². The molecule has 0 bridgehead atoms. The predicted octanol–water partition coefficient (Wildman–Crippen LogP) is 16.0. The highest BCUT2D eigenvalue weighted by molar-refractivity contribution is 7.30. The molecule has 54 heavy (non-hydrogen) atoms. The minimum absolute atomic E-state index is 1.24. The van der Waals surface area contributed by atoms with E-state index in [4.69, 9.17) is 0 Å². The van der Waals surface area contributed by atoms with Gasteiger partial charge in [0.25, 0.3) is 0 Å². The second-order valence-electron chi connectivity index (χ2n) is 14.3. The fraction of sp³-hybridized carbons (Fsp3) is 0. The van der Waals surface area contributed by atoms with Crippen molar-refractivity contribution in [1.29, 1.82) is 0 Å². The topological polar surface area (TPSA) is 0 Å². The molecule has 12 aromatic rings. The van der Waals surface area contributed by atoms with E-state index < -0.39 is 0 Å². The Bertz CT molecular complexity index is 3430. The van der Waals surface area contributed by atoms with Gasteiger partial charge in [0, 0.05) is 40.3 Å². The lowest BCUT2D eigenvalue weighted by Crippen LogP contribution is -1.92. The van der Waals surface area contributed by atoms with Crippen LogP contribution in [0.3, 0.4) is 0 Å². The van der Waals surface area contributed by atoms with E-state index >= 15 is 0 Å². The average molecular weight is 719 g/mol. The van der Waals surface area contributed by atoms with Crippen molar-refractivity contribution in [1.82, 2.24) is 0 Å². The molecule has 0 saturated heterocycles. The molecular formula is C52H30S2. The molecule has 250 valence electrons. The molecule has 0 nitrogen and oxygen atoms in total. The van der Waals surface area contributed by atoms with E-state index in [1.54, 1.807) is 0 Å². The van der Waals surface area contributed by atoms with Crippen LogP contribution >= 0.6 is 22.7 Å². The molecule has 0 unspecified atom stereocenters. The van der Waals surface area contributed by atoms with E-state index in [9.17, 15) is 0 Å². The number of fused-ring (bicyclic) bond motifs is 12. The Morgan fingerprint density at radius 2 is 0.778 bits per heavy atom. The Morgan fingerprint density at radius 3 is 1.46 bits per heavy atom. The van der Waals surface area contributed by atoms with Crippen LogP contribution in [-0.2, 0) is 0 Å². The van der Waals surface area contributed by atoms with Crippen molar-refractivity contribution in [3.8, 4) is 33.4 Å². The first-order chi connectivity index (χ1) is 26.8. The molecule has 10 aromatic carbocycles. The van der Waals surface area contributed by atoms with Crippen LogP contribution in [0.15, 0.2) is 182 Å². The van der Waals surface area contributed by atoms with Crippen LogP contribution in [-0.4, -0.2) is 0 Å². The van der Waals surface area contributed by atoms with Gasteiger partial charge in [0.05, 0.1) is 0 Å². The lowest BCUT2D eigenvalue weighted by molar-refractivity contribution is 1.66. The summed E-state index contributed by atoms with van der Waals surface area (Å²) in [4.78, 5) is 0. The summed E-state index contributed by atoms with van der Waals surface area (Å²) in [6.07, 6.45) is 0. The Balaban J connectivity index is 1.15. The van der Waals surface area contributed by atoms with Gasteiger partial charge < -0.3 is 0 Å². The molecule has 0 N–H and O–H groups in total. The summed E-state index contributed by atoms with van der Waals surface area (Å²) < 4.78 is 5.43. The van der Waals surface area contributed by atoms with Crippen molar-refractivity contribution in [3.63, 3.8) is 0 Å². The van der Waals surface area contributed by atoms with Crippen LogP contribution in [0.5, 0.6) is 0 Å². The van der Waals surface area contributed by atoms with E-state index in [1.165, 1.54) is 117 Å². The largest absolute Gasteiger partial charge is 0.135 e. The molecule has 2 aromatic heterocycles. The highest BCUT2D eigenvalue weighted by Gasteiger charge is 2.21. The van der Waals surface area contributed by atoms with Crippen molar-refractivity contribution < 1.29 is 0 Å². The third-order valence-electron chi connectivity index (χ3n) is 11.5. The first-order valence-electron chi connectivity index (χ1n) is 18.5. The Hall–Kier alpha value is -6.32. The third kappa shape index (κ3) is 4.24. The van der Waals surface area contributed by atoms with E-state index in [-0.39, 0.29) is 0 Å². The molecule has 0 amide bonds. The lowest BCUT2D eigenvalue weighted by Gasteiger charge is -2.20. The van der Waals surface area contributed by atoms with Crippen LogP contribution in [0.2, 0.25) is 0 Å². The van der Waals surface area contributed by atoms with Crippen molar-refractivity contribution in [2.45, 2.75) is 0 Å². The maximum absolute atomic E-state index is 2.47. The maximum atomic E-state index is 2.47. The van der Waals surface area contributed by atoms with Crippen LogP contribution in [0.4, 0.5) is 0 Å². The average Bonchev–Trinajstić information content (AvgIpc) is 3.81. The fourth-order valence-corrected chi connectivity index (χ4v) is 11.7. The highest BCUT2D eigenvalue weighted by atomic mass is 32.1. The molecule has 0 aliphatic rings. The molecule has 0 aliphatic heterocycles. The molecular weight excluding hydrogens is 689 g/mol. The zero-order valence-corrected chi connectivity index (χ0v) is 30.8. The smallest absolute Gasteiger partial charge is 0.0448 e. The van der Waals surface area contributed by atoms with Gasteiger partial charge in [-0.2, -0.15) is 0 Å². The quantitative estimate of drug-likeness (QED) is 0.160. The van der Waals surface area contributed by atoms with Crippen molar-refractivity contribution in [2.75, 3.05) is 0 Å². The van der Waals surface area contributed by atoms with Gasteiger partial charge in [-0.3, -0.25) is 0 Å². The van der Waals surface area contributed by atoms with Crippen LogP contribution < -0.4 is 0 Å². The molecule has 2 heterocycles. The van der Waals surface area contributed by atoms with Gasteiger partial charge in [-0.1, -0.05) is 164 Å². The van der Waals surface area contributed by atoms with Gasteiger partial charge in [0.15, 0.2) is 0 Å². The summed E-state index contributed by atoms with van der Waals surface area (Å²) in [5, 5.41) is 15.7. The molecule has 0 fully saturated rings. The molecule has 0 atom stereocenters. The van der Waals surface area contributed by atoms with Gasteiger partial charge in [-0.15, -0.1) is 22.7 Å². The lowest BCUT2D eigenvalue weighted by atomic mass is 9.83. The standard InChI is InChI=1S/C52H30S2/c1-2-14-31(15-3-1)48-38-21-8-10-23-40(38)49(41-24-11-9-22-39(41)48)42-27-26-35(32-16-4-5-17-33(32)42)44-30-47-50(37-20-7-6-18-34(37)44)51-46(53-47)29-28-43-36-19-12-13-25-45(36)54-52(43)51/h1-30H. The number of rotatable bonds is 3. The van der Waals surface area contributed by atoms with E-state index in [1.807, 2.05) is 22.7 Å². The summed E-state index contributed by atoms with van der Waals surface area (Å²) in [7, 11) is 0. The number of benzene rings is 10. The second kappa shape index (κ2) is 11.6. The van der Waals surface area contributed by atoms with Gasteiger partial charge in [0.1, 0.15) is 0 Å². The van der Waals surface area contributed by atoms with Gasteiger partial charge in [0.2, 0.25) is 0 Å². The monoisotopic (exact) mass is 718 g/mol. The summed E-state index contributed by atoms with van der Waals surface area (Å²) in [6, 6.07) is 67.7. The molecule has 0 saturated carbocycles. The van der Waals surface area contributed by atoms with Crippen molar-refractivity contribution in [3.05, 3.63) is 182 Å². The van der Waals surface area contributed by atoms with Gasteiger partial charge >= 0.3 is 0 Å². The minimum atomic E-state index is 1.24. The summed E-state index contributed by atoms with van der Waals surface area (Å²) in [5.74, 6) is 0. The van der Waals surface area contributed by atoms with Gasteiger partial charge in [-0.25, -0.2) is 0 Å². The number of hydrogen-bond donors (Lipinski definition) is 0. The zero-order chi connectivity index (χ0) is 35.3. The number of hydrogen-bond acceptors (Lipinski definition) is 2. The van der Waals surface area contributed by atoms with Crippen molar-refractivity contribution in [2.24, 2.45) is 0 Å². The first kappa shape index (κ1) is 30.2. The summed E-state index contributed by atoms with van der Waals surface area (Å²) in [6.45, 7) is 0. The molecule has 0 spiro atoms. The minimum Gasteiger partial charge on any atom is -0.135 e. The van der Waals surface area contributed by atoms with E-state index in [0.29, 0.717) is 0 Å². The maximum Gasteiger partial charge on any atom is 0.0448 e. The van der Waals surface area contributed by atoms with E-state index in [0.717, 1.165) is 0 Å². The molecule has 0 aliphatic carbocycles. The van der Waals surface area contributed by atoms with Crippen LogP contribution in [0, 0.1) is 0 Å². The normalized spacial score (nSPS) is 12.1. The summed E-state index contributed by atoms with van der Waals surface area (Å²) in [5.41, 5.74) is 7.65. The molecule has 12 rings (SSSR count). The predicted molar refractivity (Wildman–Crippen MR) is 239 cm³/mol. The zero-order valence-electron chi connectivity index (χ0n) is 29.1. The second-order valence-corrected chi connectivity index (χ2v) is 16.4.